The molecule has 128 valence electrons. The van der Waals surface area contributed by atoms with Gasteiger partial charge >= 0.3 is 0 Å². The third-order valence-electron chi connectivity index (χ3n) is 5.25. The monoisotopic (exact) mass is 339 g/mol. The van der Waals surface area contributed by atoms with E-state index in [4.69, 9.17) is 0 Å². The molecule has 1 heterocycles. The molecule has 0 saturated carbocycles. The summed E-state index contributed by atoms with van der Waals surface area (Å²) in [6, 6.07) is 18.2. The van der Waals surface area contributed by atoms with Gasteiger partial charge in [-0.2, -0.15) is 0 Å². The maximum Gasteiger partial charge on any atom is 0.0592 e. The van der Waals surface area contributed by atoms with Crippen molar-refractivity contribution in [2.75, 3.05) is 5.75 Å². The predicted molar refractivity (Wildman–Crippen MR) is 106 cm³/mol. The van der Waals surface area contributed by atoms with E-state index in [1.54, 1.807) is 0 Å². The van der Waals surface area contributed by atoms with Crippen molar-refractivity contribution in [2.24, 2.45) is 0 Å². The summed E-state index contributed by atoms with van der Waals surface area (Å²) in [6.45, 7) is 6.83. The molecule has 2 aromatic carbocycles. The number of hydrogen-bond acceptors (Lipinski definition) is 2. The molecular weight excluding hydrogens is 310 g/mol. The number of hydrogen-bond donors (Lipinski definition) is 1. The standard InChI is InChI=1S/C22H29NS/c1-4-6-14-22(5-2)16-24-20-13-12-17(3)15-19(20)21(23-22)18-10-8-7-9-11-18/h7-13,15,21,23H,4-6,14,16H2,1-3H3/t21-,22-/m1/s1. The van der Waals surface area contributed by atoms with Crippen molar-refractivity contribution in [1.82, 2.24) is 5.32 Å². The van der Waals surface area contributed by atoms with Crippen LogP contribution in [0, 0.1) is 6.92 Å². The van der Waals surface area contributed by atoms with E-state index >= 15 is 0 Å². The van der Waals surface area contributed by atoms with Crippen molar-refractivity contribution < 1.29 is 0 Å². The van der Waals surface area contributed by atoms with Crippen LogP contribution in [0.2, 0.25) is 0 Å². The molecule has 0 spiro atoms. The average molecular weight is 340 g/mol. The van der Waals surface area contributed by atoms with Crippen molar-refractivity contribution in [3.8, 4) is 0 Å². The molecule has 0 bridgehead atoms. The van der Waals surface area contributed by atoms with Gasteiger partial charge in [0.2, 0.25) is 0 Å². The zero-order valence-electron chi connectivity index (χ0n) is 15.1. The van der Waals surface area contributed by atoms with E-state index in [0.29, 0.717) is 0 Å². The lowest BCUT2D eigenvalue weighted by molar-refractivity contribution is 0.298. The van der Waals surface area contributed by atoms with Gasteiger partial charge < -0.3 is 0 Å². The third-order valence-corrected chi connectivity index (χ3v) is 6.63. The number of thioether (sulfide) groups is 1. The molecule has 0 amide bonds. The fourth-order valence-corrected chi connectivity index (χ4v) is 4.99. The first-order valence-corrected chi connectivity index (χ1v) is 10.2. The summed E-state index contributed by atoms with van der Waals surface area (Å²) in [5.74, 6) is 1.16. The molecule has 3 rings (SSSR count). The van der Waals surface area contributed by atoms with Crippen molar-refractivity contribution in [3.63, 3.8) is 0 Å². The lowest BCUT2D eigenvalue weighted by atomic mass is 9.88. The minimum Gasteiger partial charge on any atom is -0.300 e. The van der Waals surface area contributed by atoms with E-state index in [-0.39, 0.29) is 11.6 Å². The second-order valence-corrected chi connectivity index (χ2v) is 8.07. The molecule has 1 aliphatic heterocycles. The van der Waals surface area contributed by atoms with Crippen LogP contribution in [0.5, 0.6) is 0 Å². The molecular formula is C22H29NS. The number of benzene rings is 2. The van der Waals surface area contributed by atoms with Crippen LogP contribution >= 0.6 is 11.8 Å². The lowest BCUT2D eigenvalue weighted by Crippen LogP contribution is -2.48. The third kappa shape index (κ3) is 3.70. The summed E-state index contributed by atoms with van der Waals surface area (Å²) in [5, 5.41) is 4.09. The molecule has 0 fully saturated rings. The molecule has 24 heavy (non-hydrogen) atoms. The van der Waals surface area contributed by atoms with Crippen LogP contribution in [-0.2, 0) is 0 Å². The van der Waals surface area contributed by atoms with E-state index in [2.05, 4.69) is 74.6 Å². The fraction of sp³-hybridized carbons (Fsp3) is 0.455. The second-order valence-electron chi connectivity index (χ2n) is 7.06. The zero-order valence-corrected chi connectivity index (χ0v) is 16.0. The average Bonchev–Trinajstić information content (AvgIpc) is 2.78. The van der Waals surface area contributed by atoms with Crippen LogP contribution < -0.4 is 5.32 Å². The summed E-state index contributed by atoms with van der Waals surface area (Å²) in [7, 11) is 0. The Bertz CT molecular complexity index is 667. The molecule has 2 heteroatoms. The van der Waals surface area contributed by atoms with Gasteiger partial charge in [-0.3, -0.25) is 5.32 Å². The fourth-order valence-electron chi connectivity index (χ4n) is 3.62. The Morgan fingerprint density at radius 3 is 2.62 bits per heavy atom. The Hall–Kier alpha value is -1.25. The molecule has 0 aromatic heterocycles. The van der Waals surface area contributed by atoms with Crippen molar-refractivity contribution in [1.29, 1.82) is 0 Å². The highest BCUT2D eigenvalue weighted by Gasteiger charge is 2.35. The first kappa shape index (κ1) is 17.6. The van der Waals surface area contributed by atoms with Gasteiger partial charge in [-0.1, -0.05) is 74.7 Å². The molecule has 1 aliphatic rings. The molecule has 1 nitrogen and oxygen atoms in total. The van der Waals surface area contributed by atoms with E-state index in [1.807, 2.05) is 11.8 Å². The Morgan fingerprint density at radius 1 is 1.12 bits per heavy atom. The number of nitrogens with one attached hydrogen (secondary N) is 1. The van der Waals surface area contributed by atoms with Gasteiger partial charge in [-0.25, -0.2) is 0 Å². The number of fused-ring (bicyclic) bond motifs is 1. The SMILES string of the molecule is CCCC[C@]1(CC)CSc2ccc(C)cc2[C@@H](c2ccccc2)N1. The molecule has 2 atom stereocenters. The van der Waals surface area contributed by atoms with Gasteiger partial charge in [-0.15, -0.1) is 11.8 Å². The van der Waals surface area contributed by atoms with Crippen molar-refractivity contribution in [3.05, 3.63) is 65.2 Å². The molecule has 0 saturated heterocycles. The molecule has 0 aliphatic carbocycles. The highest BCUT2D eigenvalue weighted by Crippen LogP contribution is 2.41. The van der Waals surface area contributed by atoms with Gasteiger partial charge in [0.15, 0.2) is 0 Å². The van der Waals surface area contributed by atoms with Gasteiger partial charge in [0.1, 0.15) is 0 Å². The Morgan fingerprint density at radius 2 is 1.92 bits per heavy atom. The normalized spacial score (nSPS) is 23.5. The lowest BCUT2D eigenvalue weighted by Gasteiger charge is -2.36. The van der Waals surface area contributed by atoms with Crippen LogP contribution in [0.4, 0.5) is 0 Å². The van der Waals surface area contributed by atoms with E-state index < -0.39 is 0 Å². The quantitative estimate of drug-likeness (QED) is 0.704. The van der Waals surface area contributed by atoms with Gasteiger partial charge in [-0.05, 0) is 37.0 Å². The zero-order chi connectivity index (χ0) is 17.0. The minimum atomic E-state index is 0.216. The van der Waals surface area contributed by atoms with Crippen LogP contribution in [0.25, 0.3) is 0 Å². The highest BCUT2D eigenvalue weighted by molar-refractivity contribution is 7.99. The topological polar surface area (TPSA) is 12.0 Å². The summed E-state index contributed by atoms with van der Waals surface area (Å²) in [4.78, 5) is 1.44. The predicted octanol–water partition coefficient (Wildman–Crippen LogP) is 6.12. The first-order valence-electron chi connectivity index (χ1n) is 9.23. The highest BCUT2D eigenvalue weighted by atomic mass is 32.2. The summed E-state index contributed by atoms with van der Waals surface area (Å²) in [6.07, 6.45) is 4.98. The van der Waals surface area contributed by atoms with Crippen LogP contribution in [0.1, 0.15) is 62.3 Å². The van der Waals surface area contributed by atoms with Gasteiger partial charge in [0, 0.05) is 16.2 Å². The Labute approximate surface area is 151 Å². The maximum atomic E-state index is 4.09. The van der Waals surface area contributed by atoms with Crippen molar-refractivity contribution in [2.45, 2.75) is 62.9 Å². The number of rotatable bonds is 5. The second kappa shape index (κ2) is 7.76. The van der Waals surface area contributed by atoms with Gasteiger partial charge in [0.25, 0.3) is 0 Å². The van der Waals surface area contributed by atoms with Crippen LogP contribution in [0.15, 0.2) is 53.4 Å². The molecule has 1 N–H and O–H groups in total. The van der Waals surface area contributed by atoms with Crippen molar-refractivity contribution >= 4 is 11.8 Å². The molecule has 2 aromatic rings. The van der Waals surface area contributed by atoms with E-state index in [1.165, 1.54) is 47.3 Å². The number of unbranched alkanes of at least 4 members (excludes halogenated alkanes) is 1. The smallest absolute Gasteiger partial charge is 0.0592 e. The van der Waals surface area contributed by atoms with Crippen LogP contribution in [0.3, 0.4) is 0 Å². The molecule has 0 unspecified atom stereocenters. The van der Waals surface area contributed by atoms with Gasteiger partial charge in [0.05, 0.1) is 6.04 Å². The first-order chi connectivity index (χ1) is 11.7. The molecule has 0 radical (unpaired) electrons. The van der Waals surface area contributed by atoms with E-state index in [9.17, 15) is 0 Å². The minimum absolute atomic E-state index is 0.216. The number of aryl methyl sites for hydroxylation is 1. The Kier molecular flexibility index (Phi) is 5.68. The summed E-state index contributed by atoms with van der Waals surface area (Å²) >= 11 is 2.04. The van der Waals surface area contributed by atoms with Crippen LogP contribution in [-0.4, -0.2) is 11.3 Å². The Balaban J connectivity index is 2.04. The summed E-state index contributed by atoms with van der Waals surface area (Å²) in [5.41, 5.74) is 4.38. The largest absolute Gasteiger partial charge is 0.300 e. The van der Waals surface area contributed by atoms with E-state index in [0.717, 1.165) is 5.75 Å². The maximum absolute atomic E-state index is 4.09. The summed E-state index contributed by atoms with van der Waals surface area (Å²) < 4.78 is 0.